The fraction of sp³-hybridized carbons (Fsp3) is 0.111. The van der Waals surface area contributed by atoms with E-state index in [1.165, 1.54) is 12.1 Å². The summed E-state index contributed by atoms with van der Waals surface area (Å²) in [5, 5.41) is 13.4. The fourth-order valence-corrected chi connectivity index (χ4v) is 3.21. The first kappa shape index (κ1) is 18.8. The Labute approximate surface area is 166 Å². The van der Waals surface area contributed by atoms with Crippen LogP contribution in [0.15, 0.2) is 64.3 Å². The smallest absolute Gasteiger partial charge is 0.261 e. The van der Waals surface area contributed by atoms with Crippen LogP contribution in [-0.4, -0.2) is 33.3 Å². The van der Waals surface area contributed by atoms with Gasteiger partial charge in [-0.05, 0) is 18.2 Å². The van der Waals surface area contributed by atoms with E-state index in [-0.39, 0.29) is 23.2 Å². The molecule has 0 fully saturated rings. The van der Waals surface area contributed by atoms with E-state index < -0.39 is 10.0 Å². The molecule has 4 aromatic rings. The van der Waals surface area contributed by atoms with Crippen LogP contribution in [0.4, 0.5) is 0 Å². The number of aromatic nitrogens is 5. The molecule has 2 N–H and O–H groups in total. The van der Waals surface area contributed by atoms with Gasteiger partial charge >= 0.3 is 0 Å². The van der Waals surface area contributed by atoms with Crippen LogP contribution >= 0.6 is 0 Å². The van der Waals surface area contributed by atoms with Crippen LogP contribution in [-0.2, 0) is 23.7 Å². The minimum Gasteiger partial charge on any atom is -0.471 e. The highest BCUT2D eigenvalue weighted by Gasteiger charge is 2.19. The summed E-state index contributed by atoms with van der Waals surface area (Å²) in [6.07, 6.45) is 3.23. The molecular weight excluding hydrogens is 396 g/mol. The number of sulfonamides is 1. The molecule has 1 aromatic carbocycles. The van der Waals surface area contributed by atoms with Gasteiger partial charge in [-0.3, -0.25) is 4.68 Å². The van der Waals surface area contributed by atoms with Crippen molar-refractivity contribution in [3.05, 3.63) is 60.6 Å². The summed E-state index contributed by atoms with van der Waals surface area (Å²) in [4.78, 5) is 8.45. The van der Waals surface area contributed by atoms with Gasteiger partial charge in [0.05, 0.1) is 22.3 Å². The van der Waals surface area contributed by atoms with Crippen molar-refractivity contribution in [3.63, 3.8) is 0 Å². The zero-order chi connectivity index (χ0) is 20.4. The second-order valence-electron chi connectivity index (χ2n) is 6.08. The van der Waals surface area contributed by atoms with Crippen molar-refractivity contribution >= 4 is 10.0 Å². The second kappa shape index (κ2) is 7.45. The van der Waals surface area contributed by atoms with E-state index in [9.17, 15) is 8.42 Å². The number of rotatable bonds is 6. The van der Waals surface area contributed by atoms with Crippen molar-refractivity contribution in [1.29, 1.82) is 0 Å². The molecule has 0 aliphatic rings. The van der Waals surface area contributed by atoms with Gasteiger partial charge in [-0.2, -0.15) is 10.1 Å². The van der Waals surface area contributed by atoms with E-state index in [1.807, 2.05) is 6.07 Å². The molecule has 0 bridgehead atoms. The van der Waals surface area contributed by atoms with Crippen molar-refractivity contribution < 1.29 is 17.7 Å². The van der Waals surface area contributed by atoms with Gasteiger partial charge in [0.15, 0.2) is 0 Å². The van der Waals surface area contributed by atoms with Crippen molar-refractivity contribution in [2.24, 2.45) is 12.2 Å². The number of hydrogen-bond donors (Lipinski definition) is 1. The standard InChI is InChI=1S/C18H16N6O4S/c1-24-15(11-27-16-7-2-3-8-20-16)14(10-21-24)18-22-17(23-28-18)12-5-4-6-13(9-12)29(19,25)26/h2-10H,11H2,1H3,(H2,19,25,26). The Hall–Kier alpha value is -3.57. The Morgan fingerprint density at radius 2 is 2.07 bits per heavy atom. The largest absolute Gasteiger partial charge is 0.471 e. The molecule has 0 spiro atoms. The Morgan fingerprint density at radius 3 is 2.83 bits per heavy atom. The lowest BCUT2D eigenvalue weighted by atomic mass is 10.2. The number of nitrogens with two attached hydrogens (primary N) is 1. The SMILES string of the molecule is Cn1ncc(-c2nc(-c3cccc(S(N)(=O)=O)c3)no2)c1COc1ccccn1. The third kappa shape index (κ3) is 4.00. The Morgan fingerprint density at radius 1 is 1.21 bits per heavy atom. The average Bonchev–Trinajstić information content (AvgIpc) is 3.33. The van der Waals surface area contributed by atoms with E-state index in [2.05, 4.69) is 20.2 Å². The summed E-state index contributed by atoms with van der Waals surface area (Å²) in [6.45, 7) is 0.196. The average molecular weight is 412 g/mol. The molecule has 0 amide bonds. The van der Waals surface area contributed by atoms with Crippen LogP contribution in [0.3, 0.4) is 0 Å². The molecule has 0 saturated carbocycles. The lowest BCUT2D eigenvalue weighted by molar-refractivity contribution is 0.283. The molecular formula is C18H16N6O4S. The molecule has 0 aliphatic heterocycles. The van der Waals surface area contributed by atoms with E-state index in [1.54, 1.807) is 48.4 Å². The van der Waals surface area contributed by atoms with Crippen LogP contribution in [0.1, 0.15) is 5.69 Å². The molecule has 3 aromatic heterocycles. The third-order valence-electron chi connectivity index (χ3n) is 4.13. The van der Waals surface area contributed by atoms with E-state index in [0.717, 1.165) is 0 Å². The first-order valence-electron chi connectivity index (χ1n) is 8.44. The van der Waals surface area contributed by atoms with Crippen molar-refractivity contribution in [1.82, 2.24) is 24.9 Å². The zero-order valence-corrected chi connectivity index (χ0v) is 16.1. The highest BCUT2D eigenvalue weighted by atomic mass is 32.2. The molecule has 10 nitrogen and oxygen atoms in total. The number of pyridine rings is 1. The van der Waals surface area contributed by atoms with Gasteiger partial charge in [-0.25, -0.2) is 18.5 Å². The van der Waals surface area contributed by atoms with Gasteiger partial charge in [0.1, 0.15) is 6.61 Å². The van der Waals surface area contributed by atoms with Gasteiger partial charge < -0.3 is 9.26 Å². The molecule has 4 rings (SSSR count). The molecule has 0 atom stereocenters. The maximum atomic E-state index is 11.6. The molecule has 148 valence electrons. The number of ether oxygens (including phenoxy) is 1. The van der Waals surface area contributed by atoms with Crippen molar-refractivity contribution in [2.45, 2.75) is 11.5 Å². The minimum absolute atomic E-state index is 0.0350. The molecule has 29 heavy (non-hydrogen) atoms. The highest BCUT2D eigenvalue weighted by Crippen LogP contribution is 2.26. The predicted molar refractivity (Wildman–Crippen MR) is 102 cm³/mol. The number of benzene rings is 1. The monoisotopic (exact) mass is 412 g/mol. The quantitative estimate of drug-likeness (QED) is 0.505. The molecule has 11 heteroatoms. The fourth-order valence-electron chi connectivity index (χ4n) is 2.65. The minimum atomic E-state index is -3.84. The lowest BCUT2D eigenvalue weighted by Gasteiger charge is -2.06. The lowest BCUT2D eigenvalue weighted by Crippen LogP contribution is -2.11. The number of aryl methyl sites for hydroxylation is 1. The Balaban J connectivity index is 1.62. The summed E-state index contributed by atoms with van der Waals surface area (Å²) in [5.41, 5.74) is 1.77. The summed E-state index contributed by atoms with van der Waals surface area (Å²) >= 11 is 0. The zero-order valence-electron chi connectivity index (χ0n) is 15.3. The number of hydrogen-bond acceptors (Lipinski definition) is 8. The number of nitrogens with zero attached hydrogens (tertiary/aromatic N) is 5. The summed E-state index contributed by atoms with van der Waals surface area (Å²) in [5.74, 6) is 0.936. The molecule has 0 saturated heterocycles. The van der Waals surface area contributed by atoms with Gasteiger partial charge in [0, 0.05) is 24.9 Å². The third-order valence-corrected chi connectivity index (χ3v) is 5.04. The van der Waals surface area contributed by atoms with Crippen molar-refractivity contribution in [2.75, 3.05) is 0 Å². The first-order chi connectivity index (χ1) is 13.9. The summed E-state index contributed by atoms with van der Waals surface area (Å²) < 4.78 is 35.8. The van der Waals surface area contributed by atoms with Crippen LogP contribution in [0, 0.1) is 0 Å². The second-order valence-corrected chi connectivity index (χ2v) is 7.64. The van der Waals surface area contributed by atoms with Crippen LogP contribution in [0.2, 0.25) is 0 Å². The maximum Gasteiger partial charge on any atom is 0.261 e. The van der Waals surface area contributed by atoms with E-state index >= 15 is 0 Å². The highest BCUT2D eigenvalue weighted by molar-refractivity contribution is 7.89. The Kier molecular flexibility index (Phi) is 4.82. The van der Waals surface area contributed by atoms with Gasteiger partial charge in [0.25, 0.3) is 5.89 Å². The van der Waals surface area contributed by atoms with Gasteiger partial charge in [-0.15, -0.1) is 0 Å². The van der Waals surface area contributed by atoms with Crippen LogP contribution in [0.25, 0.3) is 22.8 Å². The number of primary sulfonamides is 1. The van der Waals surface area contributed by atoms with Gasteiger partial charge in [0.2, 0.25) is 21.7 Å². The topological polar surface area (TPSA) is 139 Å². The predicted octanol–water partition coefficient (Wildman–Crippen LogP) is 1.76. The summed E-state index contributed by atoms with van der Waals surface area (Å²) in [7, 11) is -2.07. The van der Waals surface area contributed by atoms with Crippen molar-refractivity contribution in [3.8, 4) is 28.7 Å². The molecule has 3 heterocycles. The van der Waals surface area contributed by atoms with Crippen LogP contribution in [0.5, 0.6) is 5.88 Å². The van der Waals surface area contributed by atoms with Crippen LogP contribution < -0.4 is 9.88 Å². The van der Waals surface area contributed by atoms with E-state index in [4.69, 9.17) is 14.4 Å². The van der Waals surface area contributed by atoms with E-state index in [0.29, 0.717) is 22.7 Å². The Bertz CT molecular complexity index is 1250. The van der Waals surface area contributed by atoms with Gasteiger partial charge in [-0.1, -0.05) is 23.4 Å². The maximum absolute atomic E-state index is 11.6. The molecule has 0 radical (unpaired) electrons. The molecule has 0 aliphatic carbocycles. The summed E-state index contributed by atoms with van der Waals surface area (Å²) in [6, 6.07) is 11.4. The first-order valence-corrected chi connectivity index (χ1v) is 9.98. The molecule has 0 unspecified atom stereocenters. The normalized spacial score (nSPS) is 11.5.